The molecule has 2 rings (SSSR count). The zero-order chi connectivity index (χ0) is 20.7. The van der Waals surface area contributed by atoms with Crippen molar-refractivity contribution >= 4 is 17.6 Å². The molecule has 150 valence electrons. The van der Waals surface area contributed by atoms with Crippen LogP contribution in [0.3, 0.4) is 0 Å². The lowest BCUT2D eigenvalue weighted by Crippen LogP contribution is -2.29. The first-order valence-corrected chi connectivity index (χ1v) is 9.07. The third-order valence-electron chi connectivity index (χ3n) is 4.06. The third kappa shape index (κ3) is 6.30. The molecule has 0 heterocycles. The predicted molar refractivity (Wildman–Crippen MR) is 108 cm³/mol. The molecule has 0 bridgehead atoms. The highest BCUT2D eigenvalue weighted by molar-refractivity contribution is 5.93. The normalized spacial score (nSPS) is 12.0. The van der Waals surface area contributed by atoms with Crippen molar-refractivity contribution in [3.63, 3.8) is 0 Å². The molecule has 0 saturated carbocycles. The minimum atomic E-state index is -0.829. The largest absolute Gasteiger partial charge is 0.497 e. The van der Waals surface area contributed by atoms with Gasteiger partial charge in [-0.3, -0.25) is 4.79 Å². The van der Waals surface area contributed by atoms with E-state index < -0.39 is 24.6 Å². The molecule has 1 atom stereocenters. The Kier molecular flexibility index (Phi) is 7.04. The van der Waals surface area contributed by atoms with Crippen molar-refractivity contribution < 1.29 is 23.8 Å². The van der Waals surface area contributed by atoms with E-state index in [0.717, 1.165) is 0 Å². The van der Waals surface area contributed by atoms with Crippen LogP contribution in [-0.2, 0) is 19.7 Å². The van der Waals surface area contributed by atoms with E-state index in [1.165, 1.54) is 5.56 Å². The van der Waals surface area contributed by atoms with Crippen LogP contribution in [-0.4, -0.2) is 31.7 Å². The van der Waals surface area contributed by atoms with Gasteiger partial charge in [0.2, 0.25) is 0 Å². The van der Waals surface area contributed by atoms with Gasteiger partial charge in [0.1, 0.15) is 11.5 Å². The van der Waals surface area contributed by atoms with E-state index in [1.807, 2.05) is 24.3 Å². The Morgan fingerprint density at radius 1 is 1.04 bits per heavy atom. The van der Waals surface area contributed by atoms with E-state index >= 15 is 0 Å². The quantitative estimate of drug-likeness (QED) is 0.731. The third-order valence-corrected chi connectivity index (χ3v) is 4.06. The van der Waals surface area contributed by atoms with Crippen molar-refractivity contribution in [3.05, 3.63) is 54.1 Å². The number of benzene rings is 2. The summed E-state index contributed by atoms with van der Waals surface area (Å²) in [4.78, 5) is 24.0. The second-order valence-electron chi connectivity index (χ2n) is 7.42. The fraction of sp³-hybridized carbons (Fsp3) is 0.364. The van der Waals surface area contributed by atoms with Crippen LogP contribution in [0.15, 0.2) is 48.5 Å². The summed E-state index contributed by atoms with van der Waals surface area (Å²) in [5.74, 6) is 0.136. The highest BCUT2D eigenvalue weighted by atomic mass is 16.6. The Balaban J connectivity index is 1.82. The summed E-state index contributed by atoms with van der Waals surface area (Å²) >= 11 is 0. The fourth-order valence-electron chi connectivity index (χ4n) is 2.44. The molecule has 6 heteroatoms. The highest BCUT2D eigenvalue weighted by Gasteiger charge is 2.19. The monoisotopic (exact) mass is 385 g/mol. The zero-order valence-corrected chi connectivity index (χ0v) is 16.9. The smallest absolute Gasteiger partial charge is 0.347 e. The van der Waals surface area contributed by atoms with Crippen molar-refractivity contribution in [3.8, 4) is 11.5 Å². The second kappa shape index (κ2) is 9.26. The molecule has 0 spiro atoms. The van der Waals surface area contributed by atoms with Crippen molar-refractivity contribution in [2.75, 3.05) is 19.0 Å². The molecule has 6 nitrogen and oxygen atoms in total. The van der Waals surface area contributed by atoms with Crippen molar-refractivity contribution in [1.29, 1.82) is 0 Å². The maximum Gasteiger partial charge on any atom is 0.347 e. The molecule has 1 amide bonds. The average Bonchev–Trinajstić information content (AvgIpc) is 2.66. The molecule has 0 saturated heterocycles. The summed E-state index contributed by atoms with van der Waals surface area (Å²) in [5.41, 5.74) is 1.77. The Morgan fingerprint density at radius 3 is 2.32 bits per heavy atom. The van der Waals surface area contributed by atoms with E-state index in [4.69, 9.17) is 14.2 Å². The van der Waals surface area contributed by atoms with Gasteiger partial charge in [-0.1, -0.05) is 39.0 Å². The fourth-order valence-corrected chi connectivity index (χ4v) is 2.44. The number of nitrogens with one attached hydrogen (secondary N) is 1. The van der Waals surface area contributed by atoms with Gasteiger partial charge in [0.05, 0.1) is 7.11 Å². The SMILES string of the molecule is COc1cccc(NC(=O)COC(=O)[C@H](C)Oc2ccc(C(C)(C)C)cc2)c1. The molecule has 0 aliphatic carbocycles. The van der Waals surface area contributed by atoms with E-state index in [9.17, 15) is 9.59 Å². The second-order valence-corrected chi connectivity index (χ2v) is 7.42. The predicted octanol–water partition coefficient (Wildman–Crippen LogP) is 3.94. The summed E-state index contributed by atoms with van der Waals surface area (Å²) in [6, 6.07) is 14.5. The number of hydrogen-bond acceptors (Lipinski definition) is 5. The van der Waals surface area contributed by atoms with Gasteiger partial charge in [-0.25, -0.2) is 4.79 Å². The van der Waals surface area contributed by atoms with Crippen LogP contribution >= 0.6 is 0 Å². The van der Waals surface area contributed by atoms with Gasteiger partial charge in [0, 0.05) is 11.8 Å². The van der Waals surface area contributed by atoms with E-state index in [2.05, 4.69) is 26.1 Å². The van der Waals surface area contributed by atoms with E-state index in [-0.39, 0.29) is 5.41 Å². The standard InChI is InChI=1S/C22H27NO5/c1-15(28-18-11-9-16(10-12-18)22(2,3)4)21(25)27-14-20(24)23-17-7-6-8-19(13-17)26-5/h6-13,15H,14H2,1-5H3,(H,23,24)/t15-/m0/s1. The molecular weight excluding hydrogens is 358 g/mol. The lowest BCUT2D eigenvalue weighted by atomic mass is 9.87. The maximum absolute atomic E-state index is 12.1. The zero-order valence-electron chi connectivity index (χ0n) is 16.9. The summed E-state index contributed by atoms with van der Waals surface area (Å²) in [7, 11) is 1.54. The van der Waals surface area contributed by atoms with Gasteiger partial charge < -0.3 is 19.5 Å². The summed E-state index contributed by atoms with van der Waals surface area (Å²) in [5, 5.41) is 2.64. The van der Waals surface area contributed by atoms with Crippen LogP contribution < -0.4 is 14.8 Å². The summed E-state index contributed by atoms with van der Waals surface area (Å²) in [6.07, 6.45) is -0.829. The van der Waals surface area contributed by atoms with Crippen molar-refractivity contribution in [2.24, 2.45) is 0 Å². The van der Waals surface area contributed by atoms with Crippen molar-refractivity contribution in [1.82, 2.24) is 0 Å². The maximum atomic E-state index is 12.1. The Labute approximate surface area is 165 Å². The minimum absolute atomic E-state index is 0.0409. The van der Waals surface area contributed by atoms with Crippen LogP contribution in [0, 0.1) is 0 Å². The molecule has 0 aliphatic rings. The van der Waals surface area contributed by atoms with Gasteiger partial charge in [0.25, 0.3) is 5.91 Å². The molecule has 0 aromatic heterocycles. The highest BCUT2D eigenvalue weighted by Crippen LogP contribution is 2.24. The summed E-state index contributed by atoms with van der Waals surface area (Å²) in [6.45, 7) is 7.56. The number of ether oxygens (including phenoxy) is 3. The molecule has 0 unspecified atom stereocenters. The van der Waals surface area contributed by atoms with Gasteiger partial charge in [-0.2, -0.15) is 0 Å². The van der Waals surface area contributed by atoms with E-state index in [1.54, 1.807) is 38.3 Å². The minimum Gasteiger partial charge on any atom is -0.497 e. The first-order valence-electron chi connectivity index (χ1n) is 9.07. The molecule has 2 aromatic rings. The number of hydrogen-bond donors (Lipinski definition) is 1. The Morgan fingerprint density at radius 2 is 1.71 bits per heavy atom. The lowest BCUT2D eigenvalue weighted by molar-refractivity contribution is -0.153. The van der Waals surface area contributed by atoms with Gasteiger partial charge in [-0.15, -0.1) is 0 Å². The number of carbonyl (C=O) groups is 2. The van der Waals surface area contributed by atoms with Gasteiger partial charge in [-0.05, 0) is 42.2 Å². The molecular formula is C22H27NO5. The molecule has 0 aliphatic heterocycles. The molecule has 0 fully saturated rings. The lowest BCUT2D eigenvalue weighted by Gasteiger charge is -2.20. The van der Waals surface area contributed by atoms with Crippen LogP contribution in [0.2, 0.25) is 0 Å². The van der Waals surface area contributed by atoms with Crippen LogP contribution in [0.4, 0.5) is 5.69 Å². The van der Waals surface area contributed by atoms with Crippen LogP contribution in [0.25, 0.3) is 0 Å². The first-order chi connectivity index (χ1) is 13.2. The summed E-state index contributed by atoms with van der Waals surface area (Å²) < 4.78 is 15.7. The Bertz CT molecular complexity index is 808. The number of amides is 1. The molecule has 28 heavy (non-hydrogen) atoms. The van der Waals surface area contributed by atoms with Gasteiger partial charge in [0.15, 0.2) is 12.7 Å². The van der Waals surface area contributed by atoms with Crippen LogP contribution in [0.5, 0.6) is 11.5 Å². The number of anilines is 1. The van der Waals surface area contributed by atoms with Crippen molar-refractivity contribution in [2.45, 2.75) is 39.2 Å². The number of carbonyl (C=O) groups excluding carboxylic acids is 2. The number of esters is 1. The molecule has 1 N–H and O–H groups in total. The van der Waals surface area contributed by atoms with E-state index in [0.29, 0.717) is 17.2 Å². The number of methoxy groups -OCH3 is 1. The van der Waals surface area contributed by atoms with Crippen LogP contribution in [0.1, 0.15) is 33.3 Å². The topological polar surface area (TPSA) is 73.9 Å². The molecule has 2 aromatic carbocycles. The van der Waals surface area contributed by atoms with Gasteiger partial charge >= 0.3 is 5.97 Å². The average molecular weight is 385 g/mol. The first kappa shape index (κ1) is 21.3. The Hall–Kier alpha value is -3.02. The number of rotatable bonds is 7. The molecule has 0 radical (unpaired) electrons.